The second-order valence-electron chi connectivity index (χ2n) is 5.98. The molecule has 2 aromatic carbocycles. The van der Waals surface area contributed by atoms with Gasteiger partial charge in [-0.15, -0.1) is 24.8 Å². The van der Waals surface area contributed by atoms with E-state index in [1.54, 1.807) is 48.5 Å². The Kier molecular flexibility index (Phi) is 8.80. The van der Waals surface area contributed by atoms with Gasteiger partial charge in [0.15, 0.2) is 0 Å². The number of ether oxygens (including phenoxy) is 2. The zero-order valence-corrected chi connectivity index (χ0v) is 17.6. The molecule has 1 aromatic heterocycles. The first-order valence-corrected chi connectivity index (χ1v) is 8.38. The molecule has 162 valence electrons. The third-order valence-electron chi connectivity index (χ3n) is 3.80. The van der Waals surface area contributed by atoms with Crippen molar-refractivity contribution in [3.8, 4) is 23.3 Å². The highest BCUT2D eigenvalue weighted by Gasteiger charge is 2.12. The van der Waals surface area contributed by atoms with Gasteiger partial charge in [0.1, 0.15) is 23.2 Å². The van der Waals surface area contributed by atoms with E-state index in [0.717, 1.165) is 0 Å². The van der Waals surface area contributed by atoms with Crippen molar-refractivity contribution < 1.29 is 14.3 Å². The summed E-state index contributed by atoms with van der Waals surface area (Å²) in [6, 6.07) is 15.9. The summed E-state index contributed by atoms with van der Waals surface area (Å²) in [7, 11) is 0. The van der Waals surface area contributed by atoms with Crippen LogP contribution >= 0.6 is 24.8 Å². The summed E-state index contributed by atoms with van der Waals surface area (Å²) < 4.78 is 11.4. The van der Waals surface area contributed by atoms with E-state index in [4.69, 9.17) is 37.5 Å². The van der Waals surface area contributed by atoms with E-state index in [9.17, 15) is 4.79 Å². The molecule has 0 spiro atoms. The Morgan fingerprint density at radius 1 is 0.710 bits per heavy atom. The quantitative estimate of drug-likeness (QED) is 0.266. The molecule has 11 heteroatoms. The highest BCUT2D eigenvalue weighted by Crippen LogP contribution is 2.27. The minimum absolute atomic E-state index is 0. The molecule has 0 aliphatic carbocycles. The van der Waals surface area contributed by atoms with E-state index < -0.39 is 5.91 Å². The maximum absolute atomic E-state index is 11.7. The number of halogens is 2. The van der Waals surface area contributed by atoms with Crippen molar-refractivity contribution in [3.05, 3.63) is 77.4 Å². The summed E-state index contributed by atoms with van der Waals surface area (Å²) in [4.78, 5) is 15.9. The fraction of sp³-hybridized carbons (Fsp3) is 0. The third-order valence-corrected chi connectivity index (χ3v) is 3.80. The van der Waals surface area contributed by atoms with Crippen molar-refractivity contribution in [1.29, 1.82) is 10.8 Å². The standard InChI is InChI=1S/C20H18N6O3.2ClH/c21-18(22)11-3-1-5-14(7-11)28-16-9-13(20(25)27)10-17(26-16)29-15-6-2-4-12(8-15)19(23)24;;/h1-10H,(H3,21,22)(H3,23,24)(H2,25,27);2*1H. The predicted molar refractivity (Wildman–Crippen MR) is 122 cm³/mol. The van der Waals surface area contributed by atoms with E-state index in [2.05, 4.69) is 4.98 Å². The number of rotatable bonds is 7. The molecule has 3 aromatic rings. The van der Waals surface area contributed by atoms with Gasteiger partial charge < -0.3 is 26.7 Å². The summed E-state index contributed by atoms with van der Waals surface area (Å²) in [6.07, 6.45) is 0. The normalized spacial score (nSPS) is 9.55. The van der Waals surface area contributed by atoms with E-state index in [0.29, 0.717) is 22.6 Å². The minimum Gasteiger partial charge on any atom is -0.439 e. The van der Waals surface area contributed by atoms with Crippen LogP contribution in [0, 0.1) is 10.8 Å². The summed E-state index contributed by atoms with van der Waals surface area (Å²) in [5.41, 5.74) is 17.5. The molecule has 0 saturated carbocycles. The number of pyridine rings is 1. The molecule has 0 radical (unpaired) electrons. The maximum atomic E-state index is 11.7. The van der Waals surface area contributed by atoms with Crippen LogP contribution in [0.15, 0.2) is 60.7 Å². The lowest BCUT2D eigenvalue weighted by molar-refractivity contribution is 0.0999. The first-order valence-electron chi connectivity index (χ1n) is 8.38. The van der Waals surface area contributed by atoms with Gasteiger partial charge in [0.05, 0.1) is 0 Å². The maximum Gasteiger partial charge on any atom is 0.249 e. The minimum atomic E-state index is -0.683. The highest BCUT2D eigenvalue weighted by atomic mass is 35.5. The number of nitrogens with two attached hydrogens (primary N) is 3. The zero-order chi connectivity index (χ0) is 21.0. The van der Waals surface area contributed by atoms with Gasteiger partial charge in [-0.2, -0.15) is 4.98 Å². The van der Waals surface area contributed by atoms with Crippen molar-refractivity contribution in [1.82, 2.24) is 4.98 Å². The Balaban J connectivity index is 0.00000240. The molecule has 0 bridgehead atoms. The average molecular weight is 463 g/mol. The van der Waals surface area contributed by atoms with Crippen molar-refractivity contribution in [2.45, 2.75) is 0 Å². The van der Waals surface area contributed by atoms with Crippen molar-refractivity contribution >= 4 is 42.4 Å². The molecule has 9 nitrogen and oxygen atoms in total. The molecular formula is C20H20Cl2N6O3. The fourth-order valence-corrected chi connectivity index (χ4v) is 2.42. The predicted octanol–water partition coefficient (Wildman–Crippen LogP) is 3.18. The summed E-state index contributed by atoms with van der Waals surface area (Å²) in [5, 5.41) is 15.0. The second kappa shape index (κ2) is 10.8. The Morgan fingerprint density at radius 2 is 1.13 bits per heavy atom. The summed E-state index contributed by atoms with van der Waals surface area (Å²) in [5.74, 6) is -0.0171. The number of nitrogen functional groups attached to an aromatic ring is 2. The average Bonchev–Trinajstić information content (AvgIpc) is 2.68. The van der Waals surface area contributed by atoms with E-state index >= 15 is 0 Å². The van der Waals surface area contributed by atoms with Gasteiger partial charge in [-0.1, -0.05) is 24.3 Å². The van der Waals surface area contributed by atoms with Gasteiger partial charge in [-0.05, 0) is 24.3 Å². The molecule has 1 amide bonds. The number of aromatic nitrogens is 1. The number of nitrogens with one attached hydrogen (secondary N) is 2. The van der Waals surface area contributed by atoms with E-state index in [1.165, 1.54) is 12.1 Å². The van der Waals surface area contributed by atoms with Crippen LogP contribution < -0.4 is 26.7 Å². The molecule has 8 N–H and O–H groups in total. The number of amidine groups is 2. The fourth-order valence-electron chi connectivity index (χ4n) is 2.42. The molecule has 0 saturated heterocycles. The van der Waals surface area contributed by atoms with Gasteiger partial charge in [0.25, 0.3) is 0 Å². The number of hydrogen-bond donors (Lipinski definition) is 5. The van der Waals surface area contributed by atoms with Gasteiger partial charge in [0, 0.05) is 28.8 Å². The number of carbonyl (C=O) groups is 1. The molecular weight excluding hydrogens is 443 g/mol. The van der Waals surface area contributed by atoms with Gasteiger partial charge in [0.2, 0.25) is 17.7 Å². The van der Waals surface area contributed by atoms with Crippen LogP contribution in [0.25, 0.3) is 0 Å². The van der Waals surface area contributed by atoms with Crippen molar-refractivity contribution in [2.75, 3.05) is 0 Å². The van der Waals surface area contributed by atoms with Crippen LogP contribution in [0.5, 0.6) is 23.3 Å². The van der Waals surface area contributed by atoms with Crippen molar-refractivity contribution in [2.24, 2.45) is 17.2 Å². The molecule has 0 aliphatic heterocycles. The van der Waals surface area contributed by atoms with Crippen LogP contribution in [-0.4, -0.2) is 22.6 Å². The topological polar surface area (TPSA) is 174 Å². The first-order chi connectivity index (χ1) is 13.8. The van der Waals surface area contributed by atoms with Gasteiger partial charge in [-0.3, -0.25) is 15.6 Å². The van der Waals surface area contributed by atoms with Crippen LogP contribution in [0.1, 0.15) is 21.5 Å². The Hall–Kier alpha value is -3.82. The molecule has 3 rings (SSSR count). The van der Waals surface area contributed by atoms with Crippen LogP contribution in [0.2, 0.25) is 0 Å². The summed E-state index contributed by atoms with van der Waals surface area (Å²) >= 11 is 0. The lowest BCUT2D eigenvalue weighted by atomic mass is 10.2. The second-order valence-corrected chi connectivity index (χ2v) is 5.98. The number of carbonyl (C=O) groups excluding carboxylic acids is 1. The highest BCUT2D eigenvalue weighted by molar-refractivity contribution is 5.96. The first kappa shape index (κ1) is 25.2. The van der Waals surface area contributed by atoms with Crippen molar-refractivity contribution in [3.63, 3.8) is 0 Å². The van der Waals surface area contributed by atoms with E-state index in [1.807, 2.05) is 0 Å². The van der Waals surface area contributed by atoms with Crippen LogP contribution in [0.3, 0.4) is 0 Å². The molecule has 1 heterocycles. The van der Waals surface area contributed by atoms with Gasteiger partial charge in [-0.25, -0.2) is 0 Å². The van der Waals surface area contributed by atoms with Crippen LogP contribution in [0.4, 0.5) is 0 Å². The lowest BCUT2D eigenvalue weighted by Crippen LogP contribution is -2.12. The molecule has 0 aliphatic rings. The van der Waals surface area contributed by atoms with Crippen LogP contribution in [-0.2, 0) is 0 Å². The summed E-state index contributed by atoms with van der Waals surface area (Å²) in [6.45, 7) is 0. The number of amides is 1. The number of nitrogens with zero attached hydrogens (tertiary/aromatic N) is 1. The largest absolute Gasteiger partial charge is 0.439 e. The molecule has 31 heavy (non-hydrogen) atoms. The molecule has 0 fully saturated rings. The zero-order valence-electron chi connectivity index (χ0n) is 16.0. The Bertz CT molecular complexity index is 1050. The number of primary amides is 1. The SMILES string of the molecule is Cl.Cl.N=C(N)c1cccc(Oc2cc(C(N)=O)cc(Oc3cccc(C(=N)N)c3)n2)c1. The number of hydrogen-bond acceptors (Lipinski definition) is 6. The Morgan fingerprint density at radius 3 is 1.48 bits per heavy atom. The smallest absolute Gasteiger partial charge is 0.249 e. The third kappa shape index (κ3) is 6.59. The Labute approximate surface area is 190 Å². The number of benzene rings is 2. The monoisotopic (exact) mass is 462 g/mol. The molecule has 0 atom stereocenters. The van der Waals surface area contributed by atoms with Gasteiger partial charge >= 0.3 is 0 Å². The molecule has 0 unspecified atom stereocenters. The lowest BCUT2D eigenvalue weighted by Gasteiger charge is -2.11. The van der Waals surface area contributed by atoms with E-state index in [-0.39, 0.29) is 53.8 Å².